The lowest BCUT2D eigenvalue weighted by molar-refractivity contribution is 0.145. The maximum absolute atomic E-state index is 12.4. The molecule has 0 radical (unpaired) electrons. The number of aromatic amines is 1. The third kappa shape index (κ3) is 2.43. The van der Waals surface area contributed by atoms with E-state index >= 15 is 0 Å². The Kier molecular flexibility index (Phi) is 3.50. The molecule has 0 unspecified atom stereocenters. The van der Waals surface area contributed by atoms with Crippen molar-refractivity contribution in [2.45, 2.75) is 18.9 Å². The maximum atomic E-state index is 12.4. The van der Waals surface area contributed by atoms with Crippen molar-refractivity contribution in [3.63, 3.8) is 0 Å². The Labute approximate surface area is 137 Å². The summed E-state index contributed by atoms with van der Waals surface area (Å²) in [4.78, 5) is 16.9. The summed E-state index contributed by atoms with van der Waals surface area (Å²) in [6.07, 6.45) is 0.998. The highest BCUT2D eigenvalue weighted by molar-refractivity contribution is 5.91. The third-order valence-electron chi connectivity index (χ3n) is 4.39. The number of pyridine rings is 1. The minimum atomic E-state index is -0.367. The van der Waals surface area contributed by atoms with E-state index in [1.807, 2.05) is 30.3 Å². The SMILES string of the molecule is O=c1[nH]c(O)cc2nn(-c3ccccc3)c(N3CCC(O)CC3)c12. The van der Waals surface area contributed by atoms with E-state index in [2.05, 4.69) is 15.0 Å². The number of piperidine rings is 1. The molecular weight excluding hydrogens is 308 g/mol. The van der Waals surface area contributed by atoms with Crippen LogP contribution in [0.4, 0.5) is 5.82 Å². The lowest BCUT2D eigenvalue weighted by atomic mass is 10.1. The van der Waals surface area contributed by atoms with Gasteiger partial charge in [-0.25, -0.2) is 4.68 Å². The molecule has 124 valence electrons. The van der Waals surface area contributed by atoms with E-state index in [9.17, 15) is 15.0 Å². The first-order chi connectivity index (χ1) is 11.6. The summed E-state index contributed by atoms with van der Waals surface area (Å²) in [5.41, 5.74) is 0.920. The molecule has 3 aromatic rings. The van der Waals surface area contributed by atoms with Crippen LogP contribution >= 0.6 is 0 Å². The Morgan fingerprint density at radius 2 is 1.88 bits per heavy atom. The second kappa shape index (κ2) is 5.68. The van der Waals surface area contributed by atoms with E-state index in [4.69, 9.17) is 0 Å². The summed E-state index contributed by atoms with van der Waals surface area (Å²) in [7, 11) is 0. The number of rotatable bonds is 2. The molecule has 1 aliphatic heterocycles. The predicted octanol–water partition coefficient (Wildman–Crippen LogP) is 1.38. The highest BCUT2D eigenvalue weighted by atomic mass is 16.3. The number of aliphatic hydroxyl groups excluding tert-OH is 1. The van der Waals surface area contributed by atoms with Crippen LogP contribution in [-0.2, 0) is 0 Å². The molecular formula is C17H18N4O3. The molecule has 3 N–H and O–H groups in total. The summed E-state index contributed by atoms with van der Waals surface area (Å²) in [5, 5.41) is 24.4. The van der Waals surface area contributed by atoms with Crippen molar-refractivity contribution in [2.24, 2.45) is 0 Å². The van der Waals surface area contributed by atoms with Crippen LogP contribution in [0, 0.1) is 0 Å². The van der Waals surface area contributed by atoms with Crippen molar-refractivity contribution in [3.8, 4) is 11.6 Å². The van der Waals surface area contributed by atoms with E-state index in [1.165, 1.54) is 6.07 Å². The van der Waals surface area contributed by atoms with E-state index in [1.54, 1.807) is 4.68 Å². The molecule has 0 amide bonds. The van der Waals surface area contributed by atoms with Gasteiger partial charge in [-0.15, -0.1) is 0 Å². The van der Waals surface area contributed by atoms with Crippen molar-refractivity contribution in [2.75, 3.05) is 18.0 Å². The van der Waals surface area contributed by atoms with E-state index in [0.717, 1.165) is 5.69 Å². The van der Waals surface area contributed by atoms with E-state index in [-0.39, 0.29) is 17.5 Å². The summed E-state index contributed by atoms with van der Waals surface area (Å²) in [6.45, 7) is 1.30. The fourth-order valence-corrected chi connectivity index (χ4v) is 3.21. The van der Waals surface area contributed by atoms with Crippen LogP contribution in [0.1, 0.15) is 12.8 Å². The van der Waals surface area contributed by atoms with Crippen LogP contribution < -0.4 is 10.5 Å². The monoisotopic (exact) mass is 326 g/mol. The molecule has 4 rings (SSSR count). The third-order valence-corrected chi connectivity index (χ3v) is 4.39. The van der Waals surface area contributed by atoms with Gasteiger partial charge in [0.15, 0.2) is 5.88 Å². The van der Waals surface area contributed by atoms with Gasteiger partial charge in [0.05, 0.1) is 11.8 Å². The molecule has 3 heterocycles. The smallest absolute Gasteiger partial charge is 0.264 e. The largest absolute Gasteiger partial charge is 0.494 e. The summed E-state index contributed by atoms with van der Waals surface area (Å²) >= 11 is 0. The van der Waals surface area contributed by atoms with Crippen LogP contribution in [-0.4, -0.2) is 44.2 Å². The van der Waals surface area contributed by atoms with Crippen molar-refractivity contribution in [1.82, 2.24) is 14.8 Å². The zero-order chi connectivity index (χ0) is 16.7. The molecule has 24 heavy (non-hydrogen) atoms. The summed E-state index contributed by atoms with van der Waals surface area (Å²) in [6, 6.07) is 11.0. The minimum Gasteiger partial charge on any atom is -0.494 e. The Morgan fingerprint density at radius 1 is 1.17 bits per heavy atom. The molecule has 1 aliphatic rings. The molecule has 0 saturated carbocycles. The Bertz CT molecular complexity index is 924. The molecule has 2 aromatic heterocycles. The number of nitrogens with zero attached hydrogens (tertiary/aromatic N) is 3. The molecule has 7 nitrogen and oxygen atoms in total. The van der Waals surface area contributed by atoms with Gasteiger partial charge in [0.25, 0.3) is 5.56 Å². The lowest BCUT2D eigenvalue weighted by Crippen LogP contribution is -2.37. The molecule has 0 aliphatic carbocycles. The number of para-hydroxylation sites is 1. The average molecular weight is 326 g/mol. The van der Waals surface area contributed by atoms with Gasteiger partial charge in [-0.3, -0.25) is 9.78 Å². The molecule has 0 atom stereocenters. The number of benzene rings is 1. The number of hydrogen-bond acceptors (Lipinski definition) is 5. The van der Waals surface area contributed by atoms with Crippen LogP contribution in [0.2, 0.25) is 0 Å². The van der Waals surface area contributed by atoms with E-state index < -0.39 is 0 Å². The van der Waals surface area contributed by atoms with E-state index in [0.29, 0.717) is 42.7 Å². The maximum Gasteiger partial charge on any atom is 0.264 e. The number of nitrogens with one attached hydrogen (secondary N) is 1. The second-order valence-corrected chi connectivity index (χ2v) is 6.03. The quantitative estimate of drug-likeness (QED) is 0.661. The van der Waals surface area contributed by atoms with Gasteiger partial charge in [0, 0.05) is 19.2 Å². The van der Waals surface area contributed by atoms with Gasteiger partial charge in [0.2, 0.25) is 0 Å². The van der Waals surface area contributed by atoms with Crippen LogP contribution in [0.5, 0.6) is 5.88 Å². The highest BCUT2D eigenvalue weighted by Gasteiger charge is 2.25. The fraction of sp³-hybridized carbons (Fsp3) is 0.294. The number of anilines is 1. The molecule has 0 spiro atoms. The first-order valence-electron chi connectivity index (χ1n) is 7.97. The van der Waals surface area contributed by atoms with Gasteiger partial charge in [-0.05, 0) is 25.0 Å². The standard InChI is InChI=1S/C17H18N4O3/c22-12-6-8-20(9-7-12)17-15-13(10-14(23)18-16(15)24)19-21(17)11-4-2-1-3-5-11/h1-5,10,12,22-23H,6-9H2,(H,18,24). The Hall–Kier alpha value is -2.80. The van der Waals surface area contributed by atoms with Crippen molar-refractivity contribution < 1.29 is 10.2 Å². The fourth-order valence-electron chi connectivity index (χ4n) is 3.21. The van der Waals surface area contributed by atoms with Gasteiger partial charge < -0.3 is 15.1 Å². The van der Waals surface area contributed by atoms with Crippen molar-refractivity contribution in [1.29, 1.82) is 0 Å². The van der Waals surface area contributed by atoms with Crippen molar-refractivity contribution in [3.05, 3.63) is 46.8 Å². The molecule has 1 fully saturated rings. The van der Waals surface area contributed by atoms with Gasteiger partial charge in [-0.1, -0.05) is 18.2 Å². The Morgan fingerprint density at radius 3 is 2.58 bits per heavy atom. The number of H-pyrrole nitrogens is 1. The van der Waals surface area contributed by atoms with Crippen LogP contribution in [0.15, 0.2) is 41.2 Å². The minimum absolute atomic E-state index is 0.203. The lowest BCUT2D eigenvalue weighted by Gasteiger charge is -2.31. The number of aromatic hydroxyl groups is 1. The number of hydrogen-bond donors (Lipinski definition) is 3. The van der Waals surface area contributed by atoms with Crippen molar-refractivity contribution >= 4 is 16.7 Å². The first kappa shape index (κ1) is 14.8. The molecule has 1 aromatic carbocycles. The molecule has 0 bridgehead atoms. The normalized spacial score (nSPS) is 16.0. The highest BCUT2D eigenvalue weighted by Crippen LogP contribution is 2.30. The van der Waals surface area contributed by atoms with Gasteiger partial charge >= 0.3 is 0 Å². The zero-order valence-corrected chi connectivity index (χ0v) is 13.0. The van der Waals surface area contributed by atoms with Crippen LogP contribution in [0.25, 0.3) is 16.6 Å². The average Bonchev–Trinajstić information content (AvgIpc) is 2.96. The van der Waals surface area contributed by atoms with Gasteiger partial charge in [-0.2, -0.15) is 5.10 Å². The summed E-state index contributed by atoms with van der Waals surface area (Å²) in [5.74, 6) is 0.496. The summed E-state index contributed by atoms with van der Waals surface area (Å²) < 4.78 is 1.73. The van der Waals surface area contributed by atoms with Gasteiger partial charge in [0.1, 0.15) is 16.7 Å². The number of fused-ring (bicyclic) bond motifs is 1. The number of aromatic nitrogens is 3. The van der Waals surface area contributed by atoms with Crippen LogP contribution in [0.3, 0.4) is 0 Å². The topological polar surface area (TPSA) is 94.4 Å². The zero-order valence-electron chi connectivity index (χ0n) is 13.0. The first-order valence-corrected chi connectivity index (χ1v) is 7.97. The second-order valence-electron chi connectivity index (χ2n) is 6.03. The molecule has 7 heteroatoms. The molecule has 1 saturated heterocycles. The Balaban J connectivity index is 1.96. The number of aliphatic hydroxyl groups is 1. The predicted molar refractivity (Wildman–Crippen MR) is 90.8 cm³/mol.